The van der Waals surface area contributed by atoms with Gasteiger partial charge in [0, 0.05) is 17.3 Å². The van der Waals surface area contributed by atoms with Gasteiger partial charge in [0.1, 0.15) is 5.82 Å². The molecule has 0 saturated heterocycles. The van der Waals surface area contributed by atoms with Crippen molar-refractivity contribution in [3.05, 3.63) is 42.1 Å². The second kappa shape index (κ2) is 4.77. The highest BCUT2D eigenvalue weighted by Crippen LogP contribution is 2.22. The number of rotatable bonds is 2. The molecule has 3 nitrogen and oxygen atoms in total. The fraction of sp³-hybridized carbons (Fsp3) is 0.333. The Morgan fingerprint density at radius 2 is 1.72 bits per heavy atom. The van der Waals surface area contributed by atoms with Crippen molar-refractivity contribution in [2.45, 2.75) is 27.2 Å². The molecule has 0 saturated carbocycles. The third-order valence-electron chi connectivity index (χ3n) is 2.54. The number of nitrogens with two attached hydrogens (primary N) is 1. The number of nitrogen functional groups attached to an aromatic ring is 1. The predicted octanol–water partition coefficient (Wildman–Crippen LogP) is 3.31. The third kappa shape index (κ3) is 3.29. The number of benzene rings is 1. The number of hydrogen-bond donors (Lipinski definition) is 1. The summed E-state index contributed by atoms with van der Waals surface area (Å²) in [5.41, 5.74) is 8.05. The molecule has 1 aromatic heterocycles. The van der Waals surface area contributed by atoms with Crippen LogP contribution in [0.25, 0.3) is 11.4 Å². The fourth-order valence-corrected chi connectivity index (χ4v) is 1.87. The Labute approximate surface area is 108 Å². The molecule has 0 atom stereocenters. The van der Waals surface area contributed by atoms with Crippen molar-refractivity contribution in [1.29, 1.82) is 0 Å². The molecule has 0 aliphatic carbocycles. The van der Waals surface area contributed by atoms with Crippen molar-refractivity contribution in [2.24, 2.45) is 5.41 Å². The normalized spacial score (nSPS) is 11.5. The molecular weight excluding hydrogens is 222 g/mol. The minimum Gasteiger partial charge on any atom is -0.384 e. The molecule has 0 aliphatic heterocycles. The summed E-state index contributed by atoms with van der Waals surface area (Å²) in [6.45, 7) is 6.56. The molecule has 94 valence electrons. The summed E-state index contributed by atoms with van der Waals surface area (Å²) in [5.74, 6) is 1.23. The second-order valence-electron chi connectivity index (χ2n) is 5.71. The Kier molecular flexibility index (Phi) is 3.32. The van der Waals surface area contributed by atoms with Crippen LogP contribution in [-0.4, -0.2) is 9.97 Å². The van der Waals surface area contributed by atoms with Crippen LogP contribution in [0.2, 0.25) is 0 Å². The third-order valence-corrected chi connectivity index (χ3v) is 2.54. The van der Waals surface area contributed by atoms with Gasteiger partial charge < -0.3 is 5.73 Å². The van der Waals surface area contributed by atoms with Crippen molar-refractivity contribution in [3.8, 4) is 11.4 Å². The van der Waals surface area contributed by atoms with Gasteiger partial charge in [-0.3, -0.25) is 0 Å². The van der Waals surface area contributed by atoms with Crippen LogP contribution in [0.5, 0.6) is 0 Å². The minimum atomic E-state index is 0.189. The lowest BCUT2D eigenvalue weighted by Gasteiger charge is -2.17. The monoisotopic (exact) mass is 241 g/mol. The first-order chi connectivity index (χ1) is 8.44. The van der Waals surface area contributed by atoms with Gasteiger partial charge in [-0.05, 0) is 11.8 Å². The van der Waals surface area contributed by atoms with Gasteiger partial charge >= 0.3 is 0 Å². The van der Waals surface area contributed by atoms with E-state index in [-0.39, 0.29) is 5.41 Å². The van der Waals surface area contributed by atoms with Gasteiger partial charge in [0.25, 0.3) is 0 Å². The van der Waals surface area contributed by atoms with Crippen molar-refractivity contribution in [1.82, 2.24) is 9.97 Å². The maximum Gasteiger partial charge on any atom is 0.161 e. The van der Waals surface area contributed by atoms with Gasteiger partial charge in [-0.2, -0.15) is 0 Å². The number of hydrogen-bond acceptors (Lipinski definition) is 3. The van der Waals surface area contributed by atoms with Crippen molar-refractivity contribution in [3.63, 3.8) is 0 Å². The molecule has 0 fully saturated rings. The second-order valence-corrected chi connectivity index (χ2v) is 5.71. The zero-order valence-electron chi connectivity index (χ0n) is 11.1. The Morgan fingerprint density at radius 1 is 1.06 bits per heavy atom. The van der Waals surface area contributed by atoms with Crippen LogP contribution in [0.3, 0.4) is 0 Å². The molecule has 0 aliphatic rings. The summed E-state index contributed by atoms with van der Waals surface area (Å²) in [5, 5.41) is 0. The van der Waals surface area contributed by atoms with E-state index in [9.17, 15) is 0 Å². The van der Waals surface area contributed by atoms with Crippen LogP contribution in [0.1, 0.15) is 26.5 Å². The lowest BCUT2D eigenvalue weighted by molar-refractivity contribution is 0.406. The van der Waals surface area contributed by atoms with Crippen LogP contribution in [0.15, 0.2) is 36.4 Å². The number of nitrogens with zero attached hydrogens (tertiary/aromatic N) is 2. The van der Waals surface area contributed by atoms with Gasteiger partial charge in [-0.25, -0.2) is 9.97 Å². The Balaban J connectivity index is 2.39. The van der Waals surface area contributed by atoms with E-state index in [2.05, 4.69) is 30.7 Å². The molecule has 0 unspecified atom stereocenters. The fourth-order valence-electron chi connectivity index (χ4n) is 1.87. The van der Waals surface area contributed by atoms with Gasteiger partial charge in [0.05, 0.1) is 0 Å². The topological polar surface area (TPSA) is 51.8 Å². The summed E-state index contributed by atoms with van der Waals surface area (Å²) >= 11 is 0. The molecule has 0 radical (unpaired) electrons. The summed E-state index contributed by atoms with van der Waals surface area (Å²) in [4.78, 5) is 8.90. The molecule has 3 heteroatoms. The number of aromatic nitrogens is 2. The van der Waals surface area contributed by atoms with E-state index < -0.39 is 0 Å². The lowest BCUT2D eigenvalue weighted by Crippen LogP contribution is -2.12. The van der Waals surface area contributed by atoms with Crippen molar-refractivity contribution >= 4 is 5.82 Å². The van der Waals surface area contributed by atoms with Gasteiger partial charge in [-0.15, -0.1) is 0 Å². The highest BCUT2D eigenvalue weighted by atomic mass is 14.9. The molecule has 0 bridgehead atoms. The Bertz CT molecular complexity index is 527. The number of anilines is 1. The molecule has 18 heavy (non-hydrogen) atoms. The predicted molar refractivity (Wildman–Crippen MR) is 75.0 cm³/mol. The van der Waals surface area contributed by atoms with E-state index >= 15 is 0 Å². The Hall–Kier alpha value is -1.90. The molecule has 0 amide bonds. The van der Waals surface area contributed by atoms with E-state index in [1.165, 1.54) is 0 Å². The van der Waals surface area contributed by atoms with E-state index in [0.717, 1.165) is 17.7 Å². The standard InChI is InChI=1S/C15H19N3/c1-15(2,3)10-12-9-13(16)18-14(17-12)11-7-5-4-6-8-11/h4-9H,10H2,1-3H3,(H2,16,17,18). The van der Waals surface area contributed by atoms with E-state index in [1.54, 1.807) is 0 Å². The zero-order valence-corrected chi connectivity index (χ0v) is 11.1. The van der Waals surface area contributed by atoms with E-state index in [0.29, 0.717) is 11.6 Å². The molecule has 2 rings (SSSR count). The average molecular weight is 241 g/mol. The summed E-state index contributed by atoms with van der Waals surface area (Å²) in [7, 11) is 0. The quantitative estimate of drug-likeness (QED) is 0.877. The van der Waals surface area contributed by atoms with Crippen LogP contribution in [-0.2, 0) is 6.42 Å². The first-order valence-corrected chi connectivity index (χ1v) is 6.13. The average Bonchev–Trinajstić information content (AvgIpc) is 2.27. The minimum absolute atomic E-state index is 0.189. The first-order valence-electron chi connectivity index (χ1n) is 6.13. The van der Waals surface area contributed by atoms with Crippen LogP contribution in [0.4, 0.5) is 5.82 Å². The first kappa shape index (κ1) is 12.6. The van der Waals surface area contributed by atoms with Crippen LogP contribution < -0.4 is 5.73 Å². The summed E-state index contributed by atoms with van der Waals surface area (Å²) in [6.07, 6.45) is 0.888. The van der Waals surface area contributed by atoms with Crippen molar-refractivity contribution in [2.75, 3.05) is 5.73 Å². The molecule has 2 N–H and O–H groups in total. The summed E-state index contributed by atoms with van der Waals surface area (Å²) in [6, 6.07) is 11.8. The molecular formula is C15H19N3. The molecule has 1 aromatic carbocycles. The maximum absolute atomic E-state index is 5.86. The lowest BCUT2D eigenvalue weighted by atomic mass is 9.90. The van der Waals surface area contributed by atoms with Crippen molar-refractivity contribution < 1.29 is 0 Å². The van der Waals surface area contributed by atoms with Gasteiger partial charge in [0.15, 0.2) is 5.82 Å². The smallest absolute Gasteiger partial charge is 0.161 e. The summed E-state index contributed by atoms with van der Waals surface area (Å²) < 4.78 is 0. The van der Waals surface area contributed by atoms with Crippen LogP contribution >= 0.6 is 0 Å². The van der Waals surface area contributed by atoms with E-state index in [1.807, 2.05) is 36.4 Å². The molecule has 1 heterocycles. The maximum atomic E-state index is 5.86. The highest BCUT2D eigenvalue weighted by Gasteiger charge is 2.14. The van der Waals surface area contributed by atoms with Gasteiger partial charge in [0.2, 0.25) is 0 Å². The largest absolute Gasteiger partial charge is 0.384 e. The zero-order chi connectivity index (χ0) is 13.2. The molecule has 0 spiro atoms. The van der Waals surface area contributed by atoms with Crippen LogP contribution in [0, 0.1) is 5.41 Å². The Morgan fingerprint density at radius 3 is 2.33 bits per heavy atom. The van der Waals surface area contributed by atoms with Gasteiger partial charge in [-0.1, -0.05) is 51.1 Å². The highest BCUT2D eigenvalue weighted by molar-refractivity contribution is 5.56. The van der Waals surface area contributed by atoms with E-state index in [4.69, 9.17) is 5.73 Å². The SMILES string of the molecule is CC(C)(C)Cc1cc(N)nc(-c2ccccc2)n1. The molecule has 2 aromatic rings.